The lowest BCUT2D eigenvalue weighted by atomic mass is 9.48. The number of amides is 1. The van der Waals surface area contributed by atoms with E-state index in [4.69, 9.17) is 4.42 Å². The first-order chi connectivity index (χ1) is 13.5. The molecule has 4 aliphatic carbocycles. The van der Waals surface area contributed by atoms with Crippen LogP contribution < -0.4 is 5.32 Å². The second-order valence-electron chi connectivity index (χ2n) is 9.63. The molecule has 2 aromatic rings. The predicted molar refractivity (Wildman–Crippen MR) is 109 cm³/mol. The van der Waals surface area contributed by atoms with Gasteiger partial charge in [-0.05, 0) is 87.7 Å². The van der Waals surface area contributed by atoms with Crippen molar-refractivity contribution in [2.24, 2.45) is 23.2 Å². The maximum Gasteiger partial charge on any atom is 0.226 e. The smallest absolute Gasteiger partial charge is 0.226 e. The van der Waals surface area contributed by atoms with Gasteiger partial charge in [0, 0.05) is 11.6 Å². The average molecular weight is 379 g/mol. The van der Waals surface area contributed by atoms with E-state index in [1.807, 2.05) is 37.3 Å². The Morgan fingerprint density at radius 2 is 1.75 bits per heavy atom. The van der Waals surface area contributed by atoms with Crippen LogP contribution in [-0.4, -0.2) is 16.9 Å². The molecule has 1 heterocycles. The molecule has 1 N–H and O–H groups in total. The standard InChI is InChI=1S/C24H30N2O2/c1-15-21(26-23(28-15)20-6-4-3-5-7-20)11-22(27)25-16(2)24-12-17-8-18(13-24)10-19(9-17)14-24/h3-7,16-19H,8-14H2,1-2H3,(H,25,27). The Bertz CT molecular complexity index is 835. The molecule has 1 aromatic heterocycles. The molecular weight excluding hydrogens is 348 g/mol. The van der Waals surface area contributed by atoms with Gasteiger partial charge < -0.3 is 9.73 Å². The van der Waals surface area contributed by atoms with Crippen molar-refractivity contribution in [3.05, 3.63) is 41.8 Å². The normalized spacial score (nSPS) is 31.7. The zero-order chi connectivity index (χ0) is 19.3. The third-order valence-corrected chi connectivity index (χ3v) is 7.62. The van der Waals surface area contributed by atoms with Crippen LogP contribution in [0.2, 0.25) is 0 Å². The molecule has 4 fully saturated rings. The van der Waals surface area contributed by atoms with Gasteiger partial charge in [-0.1, -0.05) is 18.2 Å². The zero-order valence-corrected chi connectivity index (χ0v) is 16.9. The molecule has 6 rings (SSSR count). The number of aryl methyl sites for hydroxylation is 1. The number of hydrogen-bond donors (Lipinski definition) is 1. The predicted octanol–water partition coefficient (Wildman–Crippen LogP) is 4.91. The lowest BCUT2D eigenvalue weighted by Crippen LogP contribution is -2.56. The Balaban J connectivity index is 1.26. The molecule has 0 aliphatic heterocycles. The number of carbonyl (C=O) groups is 1. The van der Waals surface area contributed by atoms with Gasteiger partial charge in [0.2, 0.25) is 11.8 Å². The summed E-state index contributed by atoms with van der Waals surface area (Å²) in [6.45, 7) is 4.13. The van der Waals surface area contributed by atoms with Crippen LogP contribution >= 0.6 is 0 Å². The maximum atomic E-state index is 12.8. The molecule has 1 aromatic carbocycles. The van der Waals surface area contributed by atoms with Gasteiger partial charge in [0.05, 0.1) is 12.1 Å². The van der Waals surface area contributed by atoms with Crippen molar-refractivity contribution in [1.82, 2.24) is 10.3 Å². The van der Waals surface area contributed by atoms with Crippen molar-refractivity contribution in [1.29, 1.82) is 0 Å². The van der Waals surface area contributed by atoms with Crippen LogP contribution in [0.1, 0.15) is 56.9 Å². The fraction of sp³-hybridized carbons (Fsp3) is 0.583. The molecule has 0 saturated heterocycles. The highest BCUT2D eigenvalue weighted by Crippen LogP contribution is 2.61. The lowest BCUT2D eigenvalue weighted by Gasteiger charge is -2.59. The highest BCUT2D eigenvalue weighted by molar-refractivity contribution is 5.79. The molecule has 4 saturated carbocycles. The van der Waals surface area contributed by atoms with Gasteiger partial charge in [0.1, 0.15) is 5.76 Å². The second-order valence-corrected chi connectivity index (χ2v) is 9.63. The summed E-state index contributed by atoms with van der Waals surface area (Å²) in [7, 11) is 0. The van der Waals surface area contributed by atoms with Gasteiger partial charge in [-0.3, -0.25) is 4.79 Å². The topological polar surface area (TPSA) is 55.1 Å². The van der Waals surface area contributed by atoms with Gasteiger partial charge in [0.25, 0.3) is 0 Å². The number of nitrogens with one attached hydrogen (secondary N) is 1. The van der Waals surface area contributed by atoms with E-state index in [-0.39, 0.29) is 11.9 Å². The molecule has 1 atom stereocenters. The monoisotopic (exact) mass is 378 g/mol. The quantitative estimate of drug-likeness (QED) is 0.804. The minimum absolute atomic E-state index is 0.0688. The highest BCUT2D eigenvalue weighted by Gasteiger charge is 2.53. The molecule has 1 unspecified atom stereocenters. The molecule has 0 radical (unpaired) electrons. The van der Waals surface area contributed by atoms with Gasteiger partial charge >= 0.3 is 0 Å². The van der Waals surface area contributed by atoms with Crippen molar-refractivity contribution in [3.63, 3.8) is 0 Å². The summed E-state index contributed by atoms with van der Waals surface area (Å²) in [6, 6.07) is 10.1. The van der Waals surface area contributed by atoms with E-state index in [9.17, 15) is 4.79 Å². The van der Waals surface area contributed by atoms with E-state index < -0.39 is 0 Å². The summed E-state index contributed by atoms with van der Waals surface area (Å²) < 4.78 is 5.82. The number of hydrogen-bond acceptors (Lipinski definition) is 3. The van der Waals surface area contributed by atoms with Crippen molar-refractivity contribution >= 4 is 5.91 Å². The van der Waals surface area contributed by atoms with Crippen LogP contribution in [-0.2, 0) is 11.2 Å². The Morgan fingerprint density at radius 3 is 2.36 bits per heavy atom. The first-order valence-corrected chi connectivity index (χ1v) is 10.8. The Kier molecular flexibility index (Phi) is 4.33. The zero-order valence-electron chi connectivity index (χ0n) is 16.9. The summed E-state index contributed by atoms with van der Waals surface area (Å²) >= 11 is 0. The summed E-state index contributed by atoms with van der Waals surface area (Å²) in [6.07, 6.45) is 8.50. The van der Waals surface area contributed by atoms with Crippen LogP contribution in [0.4, 0.5) is 0 Å². The van der Waals surface area contributed by atoms with E-state index in [0.29, 0.717) is 17.7 Å². The van der Waals surface area contributed by atoms with Gasteiger partial charge in [-0.25, -0.2) is 4.98 Å². The molecule has 1 amide bonds. The third-order valence-electron chi connectivity index (χ3n) is 7.62. The molecule has 4 nitrogen and oxygen atoms in total. The first-order valence-electron chi connectivity index (χ1n) is 10.8. The lowest BCUT2D eigenvalue weighted by molar-refractivity contribution is -0.125. The number of benzene rings is 1. The fourth-order valence-corrected chi connectivity index (χ4v) is 6.60. The molecule has 148 valence electrons. The average Bonchev–Trinajstić information content (AvgIpc) is 3.02. The molecule has 0 spiro atoms. The van der Waals surface area contributed by atoms with Crippen molar-refractivity contribution < 1.29 is 9.21 Å². The molecule has 28 heavy (non-hydrogen) atoms. The van der Waals surface area contributed by atoms with Crippen molar-refractivity contribution in [3.8, 4) is 11.5 Å². The van der Waals surface area contributed by atoms with E-state index in [0.717, 1.165) is 34.8 Å². The van der Waals surface area contributed by atoms with Crippen LogP contribution in [0.5, 0.6) is 0 Å². The van der Waals surface area contributed by atoms with Gasteiger partial charge in [0.15, 0.2) is 0 Å². The Labute approximate surface area is 167 Å². The number of oxazole rings is 1. The fourth-order valence-electron chi connectivity index (χ4n) is 6.60. The van der Waals surface area contributed by atoms with E-state index in [1.54, 1.807) is 0 Å². The number of nitrogens with zero attached hydrogens (tertiary/aromatic N) is 1. The number of carbonyl (C=O) groups excluding carboxylic acids is 1. The summed E-state index contributed by atoms with van der Waals surface area (Å²) in [5.41, 5.74) is 2.02. The van der Waals surface area contributed by atoms with Crippen molar-refractivity contribution in [2.45, 2.75) is 64.8 Å². The number of aromatic nitrogens is 1. The number of rotatable bonds is 5. The summed E-state index contributed by atoms with van der Waals surface area (Å²) in [5, 5.41) is 3.34. The molecule has 4 bridgehead atoms. The van der Waals surface area contributed by atoms with Crippen LogP contribution in [0, 0.1) is 30.1 Å². The second kappa shape index (κ2) is 6.75. The van der Waals surface area contributed by atoms with E-state index in [1.165, 1.54) is 38.5 Å². The minimum Gasteiger partial charge on any atom is -0.441 e. The highest BCUT2D eigenvalue weighted by atomic mass is 16.4. The first kappa shape index (κ1) is 18.0. The molecule has 4 aliphatic rings. The van der Waals surface area contributed by atoms with Crippen LogP contribution in [0.15, 0.2) is 34.7 Å². The Morgan fingerprint density at radius 1 is 1.14 bits per heavy atom. The minimum atomic E-state index is 0.0688. The van der Waals surface area contributed by atoms with E-state index >= 15 is 0 Å². The van der Waals surface area contributed by atoms with Gasteiger partial charge in [-0.15, -0.1) is 0 Å². The SMILES string of the molecule is Cc1oc(-c2ccccc2)nc1CC(=O)NC(C)C12CC3CC(CC(C3)C1)C2. The molecular formula is C24H30N2O2. The summed E-state index contributed by atoms with van der Waals surface area (Å²) in [4.78, 5) is 17.4. The summed E-state index contributed by atoms with van der Waals surface area (Å²) in [5.74, 6) is 4.09. The van der Waals surface area contributed by atoms with Crippen LogP contribution in [0.3, 0.4) is 0 Å². The van der Waals surface area contributed by atoms with Crippen LogP contribution in [0.25, 0.3) is 11.5 Å². The van der Waals surface area contributed by atoms with Gasteiger partial charge in [-0.2, -0.15) is 0 Å². The maximum absolute atomic E-state index is 12.8. The third kappa shape index (κ3) is 3.17. The van der Waals surface area contributed by atoms with Crippen molar-refractivity contribution in [2.75, 3.05) is 0 Å². The Hall–Kier alpha value is -2.10. The van der Waals surface area contributed by atoms with E-state index in [2.05, 4.69) is 17.2 Å². The molecule has 4 heteroatoms. The largest absolute Gasteiger partial charge is 0.441 e.